The van der Waals surface area contributed by atoms with Gasteiger partial charge in [0.05, 0.1) is 0 Å². The molecule has 0 spiro atoms. The van der Waals surface area contributed by atoms with E-state index in [-0.39, 0.29) is 11.3 Å². The molecule has 104 valence electrons. The van der Waals surface area contributed by atoms with Crippen LogP contribution in [0.15, 0.2) is 24.3 Å². The second kappa shape index (κ2) is 5.33. The highest BCUT2D eigenvalue weighted by Crippen LogP contribution is 2.36. The van der Waals surface area contributed by atoms with E-state index in [0.717, 1.165) is 18.7 Å². The minimum absolute atomic E-state index is 0.125. The lowest BCUT2D eigenvalue weighted by molar-refractivity contribution is 0.101. The average Bonchev–Trinajstić information content (AvgIpc) is 2.65. The third-order valence-electron chi connectivity index (χ3n) is 4.04. The summed E-state index contributed by atoms with van der Waals surface area (Å²) in [5.74, 6) is 0.813. The Morgan fingerprint density at radius 1 is 1.37 bits per heavy atom. The number of hydrogen-bond donors (Lipinski definition) is 1. The van der Waals surface area contributed by atoms with Crippen molar-refractivity contribution >= 4 is 11.5 Å². The zero-order chi connectivity index (χ0) is 14.0. The van der Waals surface area contributed by atoms with Crippen LogP contribution in [0.25, 0.3) is 0 Å². The van der Waals surface area contributed by atoms with E-state index in [0.29, 0.717) is 5.92 Å². The van der Waals surface area contributed by atoms with Crippen LogP contribution >= 0.6 is 0 Å². The molecule has 1 aliphatic heterocycles. The maximum absolute atomic E-state index is 11.3. The SMILES string of the molecule is CNCC1CN(c2ccc(C(C)=O)cc2)C(C)(C)C1. The third kappa shape index (κ3) is 2.98. The van der Waals surface area contributed by atoms with Crippen molar-refractivity contribution in [3.05, 3.63) is 29.8 Å². The quantitative estimate of drug-likeness (QED) is 0.845. The van der Waals surface area contributed by atoms with Gasteiger partial charge in [-0.05, 0) is 71.0 Å². The molecule has 1 fully saturated rings. The Hall–Kier alpha value is -1.35. The van der Waals surface area contributed by atoms with E-state index >= 15 is 0 Å². The molecule has 0 aromatic heterocycles. The summed E-state index contributed by atoms with van der Waals surface area (Å²) >= 11 is 0. The van der Waals surface area contributed by atoms with Gasteiger partial charge in [0.25, 0.3) is 0 Å². The van der Waals surface area contributed by atoms with Gasteiger partial charge in [0.1, 0.15) is 0 Å². The van der Waals surface area contributed by atoms with E-state index in [1.807, 2.05) is 19.2 Å². The van der Waals surface area contributed by atoms with Gasteiger partial charge in [-0.25, -0.2) is 0 Å². The number of hydrogen-bond acceptors (Lipinski definition) is 3. The number of ketones is 1. The summed E-state index contributed by atoms with van der Waals surface area (Å²) in [4.78, 5) is 13.8. The summed E-state index contributed by atoms with van der Waals surface area (Å²) in [6, 6.07) is 8.00. The first-order valence-electron chi connectivity index (χ1n) is 6.97. The predicted molar refractivity (Wildman–Crippen MR) is 79.9 cm³/mol. The Labute approximate surface area is 116 Å². The Kier molecular flexibility index (Phi) is 3.95. The summed E-state index contributed by atoms with van der Waals surface area (Å²) in [6.07, 6.45) is 1.20. The average molecular weight is 260 g/mol. The highest BCUT2D eigenvalue weighted by molar-refractivity contribution is 5.94. The molecule has 0 saturated carbocycles. The number of Topliss-reactive ketones (excluding diaryl/α,β-unsaturated/α-hetero) is 1. The van der Waals surface area contributed by atoms with E-state index < -0.39 is 0 Å². The van der Waals surface area contributed by atoms with Crippen LogP contribution in [0.1, 0.15) is 37.6 Å². The molecule has 19 heavy (non-hydrogen) atoms. The van der Waals surface area contributed by atoms with Gasteiger partial charge in [-0.15, -0.1) is 0 Å². The molecule has 1 N–H and O–H groups in total. The first-order chi connectivity index (χ1) is 8.94. The summed E-state index contributed by atoms with van der Waals surface area (Å²) < 4.78 is 0. The van der Waals surface area contributed by atoms with Crippen molar-refractivity contribution < 1.29 is 4.79 Å². The monoisotopic (exact) mass is 260 g/mol. The summed E-state index contributed by atoms with van der Waals surface area (Å²) in [5.41, 5.74) is 2.18. The van der Waals surface area contributed by atoms with Crippen LogP contribution in [-0.4, -0.2) is 31.5 Å². The fourth-order valence-electron chi connectivity index (χ4n) is 3.14. The molecule has 1 aromatic rings. The van der Waals surface area contributed by atoms with Crippen LogP contribution in [0, 0.1) is 5.92 Å². The Balaban J connectivity index is 2.18. The molecule has 1 unspecified atom stereocenters. The van der Waals surface area contributed by atoms with Crippen molar-refractivity contribution in [1.82, 2.24) is 5.32 Å². The first-order valence-corrected chi connectivity index (χ1v) is 6.97. The molecule has 0 aliphatic carbocycles. The van der Waals surface area contributed by atoms with Gasteiger partial charge in [-0.2, -0.15) is 0 Å². The standard InChI is InChI=1S/C16H24N2O/c1-12(19)14-5-7-15(8-6-14)18-11-13(10-17-4)9-16(18,2)3/h5-8,13,17H,9-11H2,1-4H3. The molecule has 3 heteroatoms. The number of rotatable bonds is 4. The largest absolute Gasteiger partial charge is 0.366 e. The van der Waals surface area contributed by atoms with Crippen molar-refractivity contribution in [3.8, 4) is 0 Å². The van der Waals surface area contributed by atoms with Crippen LogP contribution in [-0.2, 0) is 0 Å². The van der Waals surface area contributed by atoms with Crippen molar-refractivity contribution in [2.45, 2.75) is 32.7 Å². The zero-order valence-corrected chi connectivity index (χ0v) is 12.4. The summed E-state index contributed by atoms with van der Waals surface area (Å²) in [6.45, 7) is 8.33. The molecule has 1 aliphatic rings. The molecule has 1 aromatic carbocycles. The minimum atomic E-state index is 0.125. The van der Waals surface area contributed by atoms with Gasteiger partial charge in [0.15, 0.2) is 5.78 Å². The molecular weight excluding hydrogens is 236 g/mol. The highest BCUT2D eigenvalue weighted by Gasteiger charge is 2.37. The normalized spacial score (nSPS) is 21.7. The summed E-state index contributed by atoms with van der Waals surface area (Å²) in [5, 5.41) is 3.27. The number of benzene rings is 1. The fourth-order valence-corrected chi connectivity index (χ4v) is 3.14. The van der Waals surface area contributed by atoms with Crippen LogP contribution < -0.4 is 10.2 Å². The maximum atomic E-state index is 11.3. The van der Waals surface area contributed by atoms with E-state index in [1.165, 1.54) is 12.1 Å². The van der Waals surface area contributed by atoms with Gasteiger partial charge < -0.3 is 10.2 Å². The van der Waals surface area contributed by atoms with E-state index in [4.69, 9.17) is 0 Å². The number of anilines is 1. The van der Waals surface area contributed by atoms with Gasteiger partial charge in [0, 0.05) is 23.3 Å². The van der Waals surface area contributed by atoms with Crippen LogP contribution in [0.5, 0.6) is 0 Å². The lowest BCUT2D eigenvalue weighted by Gasteiger charge is -2.33. The van der Waals surface area contributed by atoms with Gasteiger partial charge in [-0.1, -0.05) is 0 Å². The molecule has 3 nitrogen and oxygen atoms in total. The number of nitrogens with zero attached hydrogens (tertiary/aromatic N) is 1. The summed E-state index contributed by atoms with van der Waals surface area (Å²) in [7, 11) is 2.01. The lowest BCUT2D eigenvalue weighted by Crippen LogP contribution is -2.38. The minimum Gasteiger partial charge on any atom is -0.366 e. The van der Waals surface area contributed by atoms with E-state index in [1.54, 1.807) is 6.92 Å². The van der Waals surface area contributed by atoms with Crippen LogP contribution in [0.3, 0.4) is 0 Å². The van der Waals surface area contributed by atoms with Crippen LogP contribution in [0.4, 0.5) is 5.69 Å². The topological polar surface area (TPSA) is 32.3 Å². The van der Waals surface area contributed by atoms with Crippen molar-refractivity contribution in [1.29, 1.82) is 0 Å². The zero-order valence-electron chi connectivity index (χ0n) is 12.4. The molecule has 1 saturated heterocycles. The Bertz CT molecular complexity index is 450. The van der Waals surface area contributed by atoms with E-state index in [9.17, 15) is 4.79 Å². The predicted octanol–water partition coefficient (Wildman–Crippen LogP) is 2.71. The number of carbonyl (C=O) groups excluding carboxylic acids is 1. The number of carbonyl (C=O) groups is 1. The maximum Gasteiger partial charge on any atom is 0.159 e. The van der Waals surface area contributed by atoms with Crippen molar-refractivity contribution in [2.75, 3.05) is 25.0 Å². The molecule has 2 rings (SSSR count). The smallest absolute Gasteiger partial charge is 0.159 e. The van der Waals surface area contributed by atoms with Crippen molar-refractivity contribution in [2.24, 2.45) is 5.92 Å². The van der Waals surface area contributed by atoms with Gasteiger partial charge in [-0.3, -0.25) is 4.79 Å². The second-order valence-electron chi connectivity index (χ2n) is 6.15. The molecule has 0 amide bonds. The molecule has 1 heterocycles. The second-order valence-corrected chi connectivity index (χ2v) is 6.15. The number of nitrogens with one attached hydrogen (secondary N) is 1. The highest BCUT2D eigenvalue weighted by atomic mass is 16.1. The third-order valence-corrected chi connectivity index (χ3v) is 4.04. The van der Waals surface area contributed by atoms with E-state index in [2.05, 4.69) is 36.2 Å². The van der Waals surface area contributed by atoms with Crippen molar-refractivity contribution in [3.63, 3.8) is 0 Å². The molecule has 1 atom stereocenters. The lowest BCUT2D eigenvalue weighted by atomic mass is 9.96. The molecule has 0 radical (unpaired) electrons. The Morgan fingerprint density at radius 3 is 2.53 bits per heavy atom. The van der Waals surface area contributed by atoms with Crippen LogP contribution in [0.2, 0.25) is 0 Å². The van der Waals surface area contributed by atoms with Gasteiger partial charge >= 0.3 is 0 Å². The first kappa shape index (κ1) is 14.1. The molecule has 0 bridgehead atoms. The van der Waals surface area contributed by atoms with Gasteiger partial charge in [0.2, 0.25) is 0 Å². The Morgan fingerprint density at radius 2 is 2.00 bits per heavy atom. The molecular formula is C16H24N2O. The fraction of sp³-hybridized carbons (Fsp3) is 0.562.